The molecule has 1 atom stereocenters. The van der Waals surface area contributed by atoms with E-state index >= 15 is 0 Å². The van der Waals surface area contributed by atoms with Crippen molar-refractivity contribution in [3.63, 3.8) is 0 Å². The van der Waals surface area contributed by atoms with Gasteiger partial charge in [-0.1, -0.05) is 19.1 Å². The monoisotopic (exact) mass is 262 g/mol. The molecule has 0 aliphatic carbocycles. The molecule has 0 radical (unpaired) electrons. The first kappa shape index (κ1) is 13.2. The number of aliphatic hydroxyl groups excluding tert-OH is 1. The summed E-state index contributed by atoms with van der Waals surface area (Å²) in [5.41, 5.74) is 2.44. The molecule has 2 aromatic rings. The number of nitrogens with zero attached hydrogens (tertiary/aromatic N) is 2. The summed E-state index contributed by atoms with van der Waals surface area (Å²) in [4.78, 5) is 4.03. The zero-order valence-corrected chi connectivity index (χ0v) is 11.3. The van der Waals surface area contributed by atoms with Gasteiger partial charge in [-0.05, 0) is 29.4 Å². The molecular weight excluding hydrogens is 244 g/mol. The first-order chi connectivity index (χ1) is 8.79. The fourth-order valence-corrected chi connectivity index (χ4v) is 2.66. The van der Waals surface area contributed by atoms with Gasteiger partial charge in [0.25, 0.3) is 0 Å². The highest BCUT2D eigenvalue weighted by Gasteiger charge is 2.01. The molecule has 0 saturated carbocycles. The third kappa shape index (κ3) is 3.62. The lowest BCUT2D eigenvalue weighted by Gasteiger charge is -2.08. The van der Waals surface area contributed by atoms with Gasteiger partial charge >= 0.3 is 0 Å². The Balaban J connectivity index is 1.88. The van der Waals surface area contributed by atoms with E-state index in [4.69, 9.17) is 5.11 Å². The summed E-state index contributed by atoms with van der Waals surface area (Å²) < 4.78 is 1.99. The van der Waals surface area contributed by atoms with E-state index < -0.39 is 0 Å². The van der Waals surface area contributed by atoms with E-state index in [9.17, 15) is 0 Å². The van der Waals surface area contributed by atoms with Gasteiger partial charge in [-0.15, -0.1) is 0 Å². The molecule has 3 nitrogen and oxygen atoms in total. The summed E-state index contributed by atoms with van der Waals surface area (Å²) >= 11 is 1.86. The molecule has 1 unspecified atom stereocenters. The summed E-state index contributed by atoms with van der Waals surface area (Å²) in [7, 11) is 0. The molecular formula is C14H18N2OS. The summed E-state index contributed by atoms with van der Waals surface area (Å²) in [6.07, 6.45) is 5.51. The zero-order chi connectivity index (χ0) is 12.8. The summed E-state index contributed by atoms with van der Waals surface area (Å²) in [5, 5.41) is 8.95. The van der Waals surface area contributed by atoms with Crippen LogP contribution in [0.1, 0.15) is 12.5 Å². The van der Waals surface area contributed by atoms with Crippen LogP contribution in [0.25, 0.3) is 5.69 Å². The lowest BCUT2D eigenvalue weighted by molar-refractivity contribution is 0.250. The Bertz CT molecular complexity index is 453. The third-order valence-corrected chi connectivity index (χ3v) is 4.06. The lowest BCUT2D eigenvalue weighted by Crippen LogP contribution is -2.03. The first-order valence-corrected chi connectivity index (χ1v) is 7.21. The van der Waals surface area contributed by atoms with Crippen LogP contribution in [0.3, 0.4) is 0 Å². The highest BCUT2D eigenvalue weighted by molar-refractivity contribution is 7.98. The van der Waals surface area contributed by atoms with Crippen molar-refractivity contribution in [1.29, 1.82) is 0 Å². The molecule has 1 aromatic heterocycles. The van der Waals surface area contributed by atoms with Gasteiger partial charge in [0, 0.05) is 30.4 Å². The second-order valence-electron chi connectivity index (χ2n) is 4.44. The molecule has 1 aromatic carbocycles. The summed E-state index contributed by atoms with van der Waals surface area (Å²) in [6, 6.07) is 8.50. The number of aliphatic hydroxyl groups is 1. The van der Waals surface area contributed by atoms with Crippen molar-refractivity contribution in [2.75, 3.05) is 12.4 Å². The molecule has 0 bridgehead atoms. The van der Waals surface area contributed by atoms with Gasteiger partial charge in [-0.2, -0.15) is 11.8 Å². The van der Waals surface area contributed by atoms with Crippen LogP contribution in [0.2, 0.25) is 0 Å². The minimum absolute atomic E-state index is 0.270. The largest absolute Gasteiger partial charge is 0.396 e. The van der Waals surface area contributed by atoms with E-state index in [0.717, 1.165) is 17.2 Å². The number of hydrogen-bond donors (Lipinski definition) is 1. The standard InChI is InChI=1S/C14H18N2OS/c1-12(8-17)9-18-10-13-2-4-14(5-3-13)16-7-6-15-11-16/h2-7,11-12,17H,8-10H2,1H3. The van der Waals surface area contributed by atoms with Crippen LogP contribution in [-0.2, 0) is 5.75 Å². The van der Waals surface area contributed by atoms with E-state index in [1.54, 1.807) is 12.5 Å². The van der Waals surface area contributed by atoms with Crippen LogP contribution in [-0.4, -0.2) is 27.0 Å². The van der Waals surface area contributed by atoms with E-state index in [-0.39, 0.29) is 6.61 Å². The Morgan fingerprint density at radius 3 is 2.72 bits per heavy atom. The molecule has 0 fully saturated rings. The van der Waals surface area contributed by atoms with E-state index in [1.165, 1.54) is 5.56 Å². The summed E-state index contributed by atoms with van der Waals surface area (Å²) in [6.45, 7) is 2.34. The normalized spacial score (nSPS) is 12.6. The lowest BCUT2D eigenvalue weighted by atomic mass is 10.2. The van der Waals surface area contributed by atoms with Gasteiger partial charge in [0.2, 0.25) is 0 Å². The van der Waals surface area contributed by atoms with E-state index in [2.05, 4.69) is 36.2 Å². The third-order valence-electron chi connectivity index (χ3n) is 2.72. The van der Waals surface area contributed by atoms with Crippen molar-refractivity contribution < 1.29 is 5.11 Å². The number of aromatic nitrogens is 2. The minimum Gasteiger partial charge on any atom is -0.396 e. The highest BCUT2D eigenvalue weighted by atomic mass is 32.2. The molecule has 1 heterocycles. The van der Waals surface area contributed by atoms with Gasteiger partial charge < -0.3 is 9.67 Å². The average molecular weight is 262 g/mol. The average Bonchev–Trinajstić information content (AvgIpc) is 2.93. The van der Waals surface area contributed by atoms with Gasteiger partial charge in [0.15, 0.2) is 0 Å². The van der Waals surface area contributed by atoms with Gasteiger partial charge in [-0.3, -0.25) is 0 Å². The number of hydrogen-bond acceptors (Lipinski definition) is 3. The molecule has 0 aliphatic heterocycles. The van der Waals surface area contributed by atoms with Crippen LogP contribution in [0.15, 0.2) is 43.0 Å². The van der Waals surface area contributed by atoms with Crippen LogP contribution in [0.4, 0.5) is 0 Å². The second-order valence-corrected chi connectivity index (χ2v) is 5.47. The Hall–Kier alpha value is -1.26. The molecule has 0 saturated heterocycles. The van der Waals surface area contributed by atoms with Crippen molar-refractivity contribution >= 4 is 11.8 Å². The van der Waals surface area contributed by atoms with E-state index in [0.29, 0.717) is 5.92 Å². The maximum Gasteiger partial charge on any atom is 0.0991 e. The van der Waals surface area contributed by atoms with Gasteiger partial charge in [0.1, 0.15) is 0 Å². The Labute approximate surface area is 112 Å². The Morgan fingerprint density at radius 2 is 2.11 bits per heavy atom. The number of thioether (sulfide) groups is 1. The van der Waals surface area contributed by atoms with Crippen LogP contribution in [0.5, 0.6) is 0 Å². The van der Waals surface area contributed by atoms with Crippen LogP contribution in [0, 0.1) is 5.92 Å². The van der Waals surface area contributed by atoms with Crippen molar-refractivity contribution in [3.05, 3.63) is 48.5 Å². The molecule has 2 rings (SSSR count). The fourth-order valence-electron chi connectivity index (χ4n) is 1.61. The second kappa shape index (κ2) is 6.61. The van der Waals surface area contributed by atoms with Crippen LogP contribution >= 0.6 is 11.8 Å². The van der Waals surface area contributed by atoms with Gasteiger partial charge in [0.05, 0.1) is 6.33 Å². The Morgan fingerprint density at radius 1 is 1.33 bits per heavy atom. The SMILES string of the molecule is CC(CO)CSCc1ccc(-n2ccnc2)cc1. The zero-order valence-electron chi connectivity index (χ0n) is 10.5. The number of rotatable bonds is 6. The van der Waals surface area contributed by atoms with Crippen molar-refractivity contribution in [2.45, 2.75) is 12.7 Å². The Kier molecular flexibility index (Phi) is 4.84. The molecule has 1 N–H and O–H groups in total. The minimum atomic E-state index is 0.270. The molecule has 0 spiro atoms. The van der Waals surface area contributed by atoms with Crippen molar-refractivity contribution in [1.82, 2.24) is 9.55 Å². The predicted octanol–water partition coefficient (Wildman–Crippen LogP) is 2.73. The maximum atomic E-state index is 8.95. The van der Waals surface area contributed by atoms with Gasteiger partial charge in [-0.25, -0.2) is 4.98 Å². The van der Waals surface area contributed by atoms with Crippen molar-refractivity contribution in [2.24, 2.45) is 5.92 Å². The maximum absolute atomic E-state index is 8.95. The topological polar surface area (TPSA) is 38.0 Å². The predicted molar refractivity (Wildman–Crippen MR) is 76.0 cm³/mol. The fraction of sp³-hybridized carbons (Fsp3) is 0.357. The number of benzene rings is 1. The first-order valence-electron chi connectivity index (χ1n) is 6.05. The highest BCUT2D eigenvalue weighted by Crippen LogP contribution is 2.17. The van der Waals surface area contributed by atoms with E-state index in [1.807, 2.05) is 22.5 Å². The molecule has 4 heteroatoms. The van der Waals surface area contributed by atoms with Crippen LogP contribution < -0.4 is 0 Å². The molecule has 18 heavy (non-hydrogen) atoms. The molecule has 0 aliphatic rings. The quantitative estimate of drug-likeness (QED) is 0.870. The number of imidazole rings is 1. The summed E-state index contributed by atoms with van der Waals surface area (Å²) in [5.74, 6) is 2.37. The van der Waals surface area contributed by atoms with Crippen molar-refractivity contribution in [3.8, 4) is 5.69 Å². The molecule has 96 valence electrons. The smallest absolute Gasteiger partial charge is 0.0991 e. The molecule has 0 amide bonds.